The lowest BCUT2D eigenvalue weighted by Gasteiger charge is -2.12. The van der Waals surface area contributed by atoms with E-state index in [1.54, 1.807) is 19.9 Å². The fourth-order valence-electron chi connectivity index (χ4n) is 1.91. The molecule has 1 heterocycles. The second-order valence-corrected chi connectivity index (χ2v) is 6.24. The molecule has 0 amide bonds. The van der Waals surface area contributed by atoms with E-state index in [1.165, 1.54) is 30.5 Å². The van der Waals surface area contributed by atoms with Gasteiger partial charge in [0.25, 0.3) is 10.0 Å². The topological polar surface area (TPSA) is 91.4 Å². The molecular formula is C14H16N2O4S. The van der Waals surface area contributed by atoms with Crippen molar-refractivity contribution in [3.63, 3.8) is 0 Å². The van der Waals surface area contributed by atoms with Gasteiger partial charge in [0.2, 0.25) is 0 Å². The molecule has 1 aromatic heterocycles. The first-order valence-electron chi connectivity index (χ1n) is 6.34. The van der Waals surface area contributed by atoms with E-state index >= 15 is 0 Å². The van der Waals surface area contributed by atoms with Gasteiger partial charge in [0, 0.05) is 6.20 Å². The largest absolute Gasteiger partial charge is 0.461 e. The molecule has 0 unspecified atom stereocenters. The van der Waals surface area contributed by atoms with Crippen LogP contribution in [-0.2, 0) is 14.8 Å². The van der Waals surface area contributed by atoms with Gasteiger partial charge in [-0.25, -0.2) is 17.2 Å². The van der Waals surface area contributed by atoms with Crippen molar-refractivity contribution in [2.45, 2.75) is 18.7 Å². The quantitative estimate of drug-likeness (QED) is 0.687. The number of aryl methyl sites for hydroxylation is 1. The van der Waals surface area contributed by atoms with Crippen LogP contribution >= 0.6 is 0 Å². The first-order chi connectivity index (χ1) is 9.87. The zero-order valence-corrected chi connectivity index (χ0v) is 12.6. The molecule has 0 bridgehead atoms. The summed E-state index contributed by atoms with van der Waals surface area (Å²) in [7, 11) is -3.95. The highest BCUT2D eigenvalue weighted by molar-refractivity contribution is 7.90. The van der Waals surface area contributed by atoms with E-state index in [4.69, 9.17) is 10.5 Å². The van der Waals surface area contributed by atoms with Gasteiger partial charge in [0.15, 0.2) is 0 Å². The van der Waals surface area contributed by atoms with Gasteiger partial charge >= 0.3 is 5.97 Å². The van der Waals surface area contributed by atoms with E-state index in [0.717, 1.165) is 9.54 Å². The summed E-state index contributed by atoms with van der Waals surface area (Å²) in [4.78, 5) is 11.8. The Bertz CT molecular complexity index is 778. The molecule has 1 aromatic carbocycles. The molecule has 21 heavy (non-hydrogen) atoms. The minimum atomic E-state index is -3.95. The van der Waals surface area contributed by atoms with Crippen LogP contribution in [-0.4, -0.2) is 25.0 Å². The van der Waals surface area contributed by atoms with Crippen molar-refractivity contribution in [2.24, 2.45) is 0 Å². The van der Waals surface area contributed by atoms with E-state index < -0.39 is 16.0 Å². The van der Waals surface area contributed by atoms with Crippen LogP contribution in [0.1, 0.15) is 23.0 Å². The van der Waals surface area contributed by atoms with E-state index in [9.17, 15) is 13.2 Å². The molecule has 0 aliphatic rings. The third-order valence-corrected chi connectivity index (χ3v) is 4.65. The lowest BCUT2D eigenvalue weighted by atomic mass is 10.2. The highest BCUT2D eigenvalue weighted by Crippen LogP contribution is 2.24. The first kappa shape index (κ1) is 15.1. The number of carbonyl (C=O) groups excluding carboxylic acids is 1. The van der Waals surface area contributed by atoms with Crippen LogP contribution in [0.3, 0.4) is 0 Å². The molecule has 112 valence electrons. The maximum Gasteiger partial charge on any atom is 0.355 e. The second kappa shape index (κ2) is 5.61. The average molecular weight is 308 g/mol. The normalized spacial score (nSPS) is 11.3. The maximum absolute atomic E-state index is 12.7. The van der Waals surface area contributed by atoms with Crippen LogP contribution < -0.4 is 5.73 Å². The Balaban J connectivity index is 2.58. The van der Waals surface area contributed by atoms with Crippen LogP contribution in [0.4, 0.5) is 5.69 Å². The van der Waals surface area contributed by atoms with Gasteiger partial charge in [-0.05, 0) is 43.7 Å². The molecule has 2 aromatic rings. The van der Waals surface area contributed by atoms with Crippen molar-refractivity contribution in [3.8, 4) is 0 Å². The molecule has 0 saturated carbocycles. The molecule has 2 N–H and O–H groups in total. The molecule has 0 aliphatic heterocycles. The number of nitrogens with two attached hydrogens (primary N) is 1. The fraction of sp³-hybridized carbons (Fsp3) is 0.214. The summed E-state index contributed by atoms with van der Waals surface area (Å²) in [6, 6.07) is 7.57. The summed E-state index contributed by atoms with van der Waals surface area (Å²) in [5, 5.41) is 0. The number of aromatic nitrogens is 1. The number of esters is 1. The highest BCUT2D eigenvalue weighted by atomic mass is 32.2. The van der Waals surface area contributed by atoms with Gasteiger partial charge in [-0.3, -0.25) is 0 Å². The number of nitrogens with zero attached hydrogens (tertiary/aromatic N) is 1. The lowest BCUT2D eigenvalue weighted by molar-refractivity contribution is 0.0518. The first-order valence-corrected chi connectivity index (χ1v) is 7.78. The van der Waals surface area contributed by atoms with Crippen LogP contribution in [0.15, 0.2) is 41.4 Å². The van der Waals surface area contributed by atoms with Gasteiger partial charge in [-0.1, -0.05) is 6.07 Å². The van der Waals surface area contributed by atoms with Crippen LogP contribution in [0.25, 0.3) is 0 Å². The Kier molecular flexibility index (Phi) is 4.04. The SMILES string of the molecule is CCOC(=O)c1cccn1S(=O)(=O)c1cc(C)ccc1N. The van der Waals surface area contributed by atoms with Crippen molar-refractivity contribution in [2.75, 3.05) is 12.3 Å². The summed E-state index contributed by atoms with van der Waals surface area (Å²) in [6.07, 6.45) is 1.30. The lowest BCUT2D eigenvalue weighted by Crippen LogP contribution is -2.20. The van der Waals surface area contributed by atoms with Crippen molar-refractivity contribution >= 4 is 21.7 Å². The molecular weight excluding hydrogens is 292 g/mol. The summed E-state index contributed by atoms with van der Waals surface area (Å²) < 4.78 is 31.1. The monoisotopic (exact) mass is 308 g/mol. The Labute approximate surface area is 123 Å². The van der Waals surface area contributed by atoms with Crippen LogP contribution in [0, 0.1) is 6.92 Å². The molecule has 0 aliphatic carbocycles. The molecule has 0 saturated heterocycles. The Hall–Kier alpha value is -2.28. The number of ether oxygens (including phenoxy) is 1. The Morgan fingerprint density at radius 2 is 2.05 bits per heavy atom. The van der Waals surface area contributed by atoms with Crippen molar-refractivity contribution in [1.82, 2.24) is 3.97 Å². The van der Waals surface area contributed by atoms with E-state index in [1.807, 2.05) is 0 Å². The third kappa shape index (κ3) is 2.78. The van der Waals surface area contributed by atoms with Crippen molar-refractivity contribution in [1.29, 1.82) is 0 Å². The third-order valence-electron chi connectivity index (χ3n) is 2.90. The van der Waals surface area contributed by atoms with E-state index in [0.29, 0.717) is 0 Å². The molecule has 7 heteroatoms. The number of anilines is 1. The Morgan fingerprint density at radius 3 is 2.71 bits per heavy atom. The summed E-state index contributed by atoms with van der Waals surface area (Å²) in [6.45, 7) is 3.58. The predicted molar refractivity (Wildman–Crippen MR) is 78.6 cm³/mol. The number of benzene rings is 1. The Morgan fingerprint density at radius 1 is 1.33 bits per heavy atom. The molecule has 0 fully saturated rings. The van der Waals surface area contributed by atoms with Gasteiger partial charge in [-0.2, -0.15) is 0 Å². The molecule has 0 radical (unpaired) electrons. The second-order valence-electron chi connectivity index (χ2n) is 4.46. The molecule has 2 rings (SSSR count). The summed E-state index contributed by atoms with van der Waals surface area (Å²) in [5.41, 5.74) is 6.59. The smallest absolute Gasteiger partial charge is 0.355 e. The number of hydrogen-bond acceptors (Lipinski definition) is 5. The van der Waals surface area contributed by atoms with Gasteiger partial charge in [0.1, 0.15) is 10.6 Å². The zero-order chi connectivity index (χ0) is 15.6. The van der Waals surface area contributed by atoms with Gasteiger partial charge < -0.3 is 10.5 Å². The maximum atomic E-state index is 12.7. The molecule has 0 atom stereocenters. The van der Waals surface area contributed by atoms with Crippen molar-refractivity contribution < 1.29 is 17.9 Å². The van der Waals surface area contributed by atoms with Crippen LogP contribution in [0.5, 0.6) is 0 Å². The van der Waals surface area contributed by atoms with Gasteiger partial charge in [-0.15, -0.1) is 0 Å². The summed E-state index contributed by atoms with van der Waals surface area (Å²) >= 11 is 0. The minimum Gasteiger partial charge on any atom is -0.461 e. The molecule has 0 spiro atoms. The van der Waals surface area contributed by atoms with Gasteiger partial charge in [0.05, 0.1) is 12.3 Å². The minimum absolute atomic E-state index is 0.0377. The number of rotatable bonds is 4. The van der Waals surface area contributed by atoms with Crippen molar-refractivity contribution in [3.05, 3.63) is 47.8 Å². The van der Waals surface area contributed by atoms with Crippen LogP contribution in [0.2, 0.25) is 0 Å². The van der Waals surface area contributed by atoms with E-state index in [2.05, 4.69) is 0 Å². The summed E-state index contributed by atoms with van der Waals surface area (Å²) in [5.74, 6) is -0.697. The zero-order valence-electron chi connectivity index (χ0n) is 11.7. The number of hydrogen-bond donors (Lipinski definition) is 1. The highest BCUT2D eigenvalue weighted by Gasteiger charge is 2.25. The van der Waals surface area contributed by atoms with E-state index in [-0.39, 0.29) is 22.9 Å². The molecule has 6 nitrogen and oxygen atoms in total. The average Bonchev–Trinajstić information content (AvgIpc) is 2.92. The number of carbonyl (C=O) groups is 1. The fourth-order valence-corrected chi connectivity index (χ4v) is 3.45. The number of nitrogen functional groups attached to an aromatic ring is 1. The predicted octanol–water partition coefficient (Wildman–Crippen LogP) is 1.79. The standard InChI is InChI=1S/C14H16N2O4S/c1-3-20-14(17)12-5-4-8-16(12)21(18,19)13-9-10(2)6-7-11(13)15/h4-9H,3,15H2,1-2H3.